The SMILES string of the molecule is CCC1(C)C(=c2oc(=O)c3n2cc(C)[n+]3C)c2cc(F)c(C(F)(F)F)c(F)c2-c2cccc[n+]21. The zero-order chi connectivity index (χ0) is 24.7. The van der Waals surface area contributed by atoms with Gasteiger partial charge >= 0.3 is 23.0 Å². The maximum atomic E-state index is 15.5. The summed E-state index contributed by atoms with van der Waals surface area (Å²) in [6.45, 7) is 5.40. The van der Waals surface area contributed by atoms with Gasteiger partial charge in [-0.2, -0.15) is 22.1 Å². The number of fused-ring (bicyclic) bond motifs is 4. The predicted molar refractivity (Wildman–Crippen MR) is 111 cm³/mol. The summed E-state index contributed by atoms with van der Waals surface area (Å²) in [5, 5.41) is 0. The summed E-state index contributed by atoms with van der Waals surface area (Å²) in [6.07, 6.45) is -1.59. The van der Waals surface area contributed by atoms with Crippen molar-refractivity contribution in [2.75, 3.05) is 0 Å². The topological polar surface area (TPSA) is 42.4 Å². The van der Waals surface area contributed by atoms with Crippen molar-refractivity contribution in [1.29, 1.82) is 0 Å². The number of hydrogen-bond acceptors (Lipinski definition) is 2. The highest BCUT2D eigenvalue weighted by Gasteiger charge is 2.51. The smallest absolute Gasteiger partial charge is 0.379 e. The van der Waals surface area contributed by atoms with Crippen LogP contribution in [0.25, 0.3) is 22.5 Å². The molecule has 5 rings (SSSR count). The highest BCUT2D eigenvalue weighted by Crippen LogP contribution is 2.46. The lowest BCUT2D eigenvalue weighted by Crippen LogP contribution is -2.59. The molecular formula is C24H20F5N3O2+2. The highest BCUT2D eigenvalue weighted by molar-refractivity contribution is 5.83. The van der Waals surface area contributed by atoms with Crippen LogP contribution in [-0.2, 0) is 18.8 Å². The van der Waals surface area contributed by atoms with Gasteiger partial charge in [-0.25, -0.2) is 18.1 Å². The molecule has 176 valence electrons. The van der Waals surface area contributed by atoms with Gasteiger partial charge in [0.25, 0.3) is 0 Å². The van der Waals surface area contributed by atoms with Crippen LogP contribution < -0.4 is 20.3 Å². The van der Waals surface area contributed by atoms with Crippen molar-refractivity contribution < 1.29 is 35.5 Å². The third kappa shape index (κ3) is 2.74. The lowest BCUT2D eigenvalue weighted by Gasteiger charge is -2.32. The highest BCUT2D eigenvalue weighted by atomic mass is 19.4. The van der Waals surface area contributed by atoms with E-state index in [0.29, 0.717) is 12.5 Å². The number of aromatic nitrogens is 3. The Hall–Kier alpha value is -3.56. The summed E-state index contributed by atoms with van der Waals surface area (Å²) in [7, 11) is 1.67. The number of halogens is 5. The van der Waals surface area contributed by atoms with Crippen LogP contribution in [0.4, 0.5) is 22.0 Å². The molecule has 4 heterocycles. The van der Waals surface area contributed by atoms with Crippen LogP contribution in [0.5, 0.6) is 0 Å². The maximum absolute atomic E-state index is 15.5. The van der Waals surface area contributed by atoms with Crippen molar-refractivity contribution in [2.45, 2.75) is 38.9 Å². The van der Waals surface area contributed by atoms with Crippen molar-refractivity contribution in [2.24, 2.45) is 7.05 Å². The number of benzene rings is 1. The Balaban J connectivity index is 2.08. The third-order valence-electron chi connectivity index (χ3n) is 6.84. The van der Waals surface area contributed by atoms with E-state index in [1.165, 1.54) is 10.5 Å². The average Bonchev–Trinajstić information content (AvgIpc) is 3.23. The molecule has 0 aliphatic carbocycles. The number of aryl methyl sites for hydroxylation is 2. The Morgan fingerprint density at radius 3 is 2.56 bits per heavy atom. The zero-order valence-corrected chi connectivity index (χ0v) is 18.7. The van der Waals surface area contributed by atoms with Crippen molar-refractivity contribution in [1.82, 2.24) is 4.40 Å². The maximum Gasteiger partial charge on any atom is 0.430 e. The lowest BCUT2D eigenvalue weighted by atomic mass is 9.77. The number of nitrogens with zero attached hydrogens (tertiary/aromatic N) is 3. The third-order valence-corrected chi connectivity index (χ3v) is 6.84. The van der Waals surface area contributed by atoms with Gasteiger partial charge in [0.15, 0.2) is 17.6 Å². The van der Waals surface area contributed by atoms with Crippen LogP contribution >= 0.6 is 0 Å². The number of hydrogen-bond donors (Lipinski definition) is 0. The first kappa shape index (κ1) is 22.2. The van der Waals surface area contributed by atoms with Gasteiger partial charge in [-0.3, -0.25) is 0 Å². The summed E-state index contributed by atoms with van der Waals surface area (Å²) in [6, 6.07) is 5.42. The molecule has 0 bridgehead atoms. The molecule has 1 aliphatic heterocycles. The van der Waals surface area contributed by atoms with E-state index in [1.807, 2.05) is 6.92 Å². The van der Waals surface area contributed by atoms with Gasteiger partial charge in [0.1, 0.15) is 28.8 Å². The van der Waals surface area contributed by atoms with E-state index in [9.17, 15) is 22.4 Å². The molecule has 0 fully saturated rings. The van der Waals surface area contributed by atoms with Gasteiger partial charge in [-0.05, 0) is 12.1 Å². The molecule has 1 aromatic carbocycles. The number of oxazole rings is 1. The van der Waals surface area contributed by atoms with Gasteiger partial charge in [0.05, 0.1) is 12.6 Å². The minimum absolute atomic E-state index is 0.00913. The number of alkyl halides is 3. The molecule has 0 amide bonds. The standard InChI is InChI=1S/C24H20F5N3O2/c1-5-23(3)17(21-31-11-12(2)30(4)20(31)22(33)34-21)13-10-14(25)18(24(27,28)29)19(26)16(13)15-8-6-7-9-32(15)23/h6-11H,5H2,1-4H3/q+2. The summed E-state index contributed by atoms with van der Waals surface area (Å²) in [5.74, 6) is -3.44. The Bertz CT molecular complexity index is 1620. The quantitative estimate of drug-likeness (QED) is 0.312. The van der Waals surface area contributed by atoms with Crippen LogP contribution in [-0.4, -0.2) is 4.40 Å². The van der Waals surface area contributed by atoms with E-state index in [4.69, 9.17) is 4.42 Å². The molecular weight excluding hydrogens is 457 g/mol. The second kappa shape index (κ2) is 6.97. The number of imidazole rings is 1. The summed E-state index contributed by atoms with van der Waals surface area (Å²) in [5.41, 5.74) is -2.84. The molecule has 4 aromatic rings. The Morgan fingerprint density at radius 1 is 1.21 bits per heavy atom. The van der Waals surface area contributed by atoms with E-state index in [1.54, 1.807) is 54.6 Å². The van der Waals surface area contributed by atoms with Gasteiger partial charge in [0.2, 0.25) is 5.69 Å². The van der Waals surface area contributed by atoms with Gasteiger partial charge < -0.3 is 4.42 Å². The van der Waals surface area contributed by atoms with E-state index in [0.717, 1.165) is 5.69 Å². The molecule has 0 N–H and O–H groups in total. The first-order valence-electron chi connectivity index (χ1n) is 10.6. The number of pyridine rings is 1. The van der Waals surface area contributed by atoms with Crippen molar-refractivity contribution in [3.05, 3.63) is 81.1 Å². The van der Waals surface area contributed by atoms with Crippen molar-refractivity contribution in [3.8, 4) is 11.3 Å². The van der Waals surface area contributed by atoms with Crippen LogP contribution in [0.2, 0.25) is 0 Å². The molecule has 3 aromatic heterocycles. The average molecular weight is 477 g/mol. The van der Waals surface area contributed by atoms with Crippen molar-refractivity contribution in [3.63, 3.8) is 0 Å². The monoisotopic (exact) mass is 477 g/mol. The van der Waals surface area contributed by atoms with Crippen LogP contribution in [0.3, 0.4) is 0 Å². The molecule has 1 aliphatic rings. The molecule has 0 saturated carbocycles. The second-order valence-electron chi connectivity index (χ2n) is 8.64. The molecule has 1 atom stereocenters. The van der Waals surface area contributed by atoms with Crippen LogP contribution in [0.15, 0.2) is 45.9 Å². The molecule has 0 saturated heterocycles. The Kier molecular flexibility index (Phi) is 4.56. The molecule has 0 radical (unpaired) electrons. The van der Waals surface area contributed by atoms with Crippen LogP contribution in [0, 0.1) is 18.6 Å². The number of rotatable bonds is 1. The summed E-state index contributed by atoms with van der Waals surface area (Å²) >= 11 is 0. The minimum atomic E-state index is -5.24. The molecule has 5 nitrogen and oxygen atoms in total. The fraction of sp³-hybridized carbons (Fsp3) is 0.292. The summed E-state index contributed by atoms with van der Waals surface area (Å²) in [4.78, 5) is 12.7. The van der Waals surface area contributed by atoms with E-state index < -0.39 is 40.1 Å². The second-order valence-corrected chi connectivity index (χ2v) is 8.64. The Labute approximate surface area is 190 Å². The van der Waals surface area contributed by atoms with Gasteiger partial charge in [-0.1, -0.05) is 6.92 Å². The van der Waals surface area contributed by atoms with Crippen molar-refractivity contribution >= 4 is 11.2 Å². The van der Waals surface area contributed by atoms with E-state index in [-0.39, 0.29) is 28.0 Å². The molecule has 10 heteroatoms. The van der Waals surface area contributed by atoms with E-state index in [2.05, 4.69) is 0 Å². The molecule has 0 spiro atoms. The summed E-state index contributed by atoms with van der Waals surface area (Å²) < 4.78 is 81.5. The van der Waals surface area contributed by atoms with E-state index >= 15 is 4.39 Å². The molecule has 1 unspecified atom stereocenters. The fourth-order valence-corrected chi connectivity index (χ4v) is 4.91. The fourth-order valence-electron chi connectivity index (χ4n) is 4.91. The largest absolute Gasteiger partial charge is 0.430 e. The predicted octanol–water partition coefficient (Wildman–Crippen LogP) is 3.33. The first-order chi connectivity index (χ1) is 15.9. The zero-order valence-electron chi connectivity index (χ0n) is 18.7. The first-order valence-corrected chi connectivity index (χ1v) is 10.6. The lowest BCUT2D eigenvalue weighted by molar-refractivity contribution is -0.737. The van der Waals surface area contributed by atoms with Gasteiger partial charge in [0, 0.05) is 38.0 Å². The Morgan fingerprint density at radius 2 is 1.91 bits per heavy atom. The van der Waals surface area contributed by atoms with Gasteiger partial charge in [-0.15, -0.1) is 0 Å². The van der Waals surface area contributed by atoms with Crippen LogP contribution in [0.1, 0.15) is 37.1 Å². The minimum Gasteiger partial charge on any atom is -0.379 e. The molecule has 34 heavy (non-hydrogen) atoms. The normalized spacial score (nSPS) is 19.4.